The lowest BCUT2D eigenvalue weighted by Gasteiger charge is -2.27. The Hall–Kier alpha value is -2.17. The fourth-order valence-electron chi connectivity index (χ4n) is 3.13. The van der Waals surface area contributed by atoms with Crippen molar-refractivity contribution in [3.63, 3.8) is 0 Å². The van der Waals surface area contributed by atoms with Crippen LogP contribution in [-0.2, 0) is 6.54 Å². The van der Waals surface area contributed by atoms with Gasteiger partial charge >= 0.3 is 0 Å². The van der Waals surface area contributed by atoms with Crippen molar-refractivity contribution in [3.8, 4) is 0 Å². The van der Waals surface area contributed by atoms with E-state index in [0.717, 1.165) is 28.5 Å². The van der Waals surface area contributed by atoms with Crippen LogP contribution in [0.3, 0.4) is 0 Å². The summed E-state index contributed by atoms with van der Waals surface area (Å²) in [7, 11) is 0. The lowest BCUT2D eigenvalue weighted by atomic mass is 9.96. The number of aromatic amines is 1. The van der Waals surface area contributed by atoms with E-state index in [9.17, 15) is 9.60 Å². The fourth-order valence-corrected chi connectivity index (χ4v) is 3.13. The smallest absolute Gasteiger partial charge is 0.123 e. The molecule has 4 heteroatoms. The van der Waals surface area contributed by atoms with Crippen molar-refractivity contribution < 1.29 is 9.60 Å². The molecule has 0 bridgehead atoms. The van der Waals surface area contributed by atoms with Crippen molar-refractivity contribution >= 4 is 10.9 Å². The van der Waals surface area contributed by atoms with Crippen molar-refractivity contribution in [3.05, 3.63) is 71.7 Å². The second-order valence-corrected chi connectivity index (χ2v) is 6.66. The minimum Gasteiger partial charge on any atom is -0.361 e. The summed E-state index contributed by atoms with van der Waals surface area (Å²) in [5.74, 6) is 0.137. The average molecular weight is 326 g/mol. The molecule has 0 aliphatic carbocycles. The van der Waals surface area contributed by atoms with E-state index < -0.39 is 0 Å². The van der Waals surface area contributed by atoms with E-state index in [2.05, 4.69) is 18.8 Å². The zero-order valence-electron chi connectivity index (χ0n) is 14.0. The number of benzene rings is 2. The monoisotopic (exact) mass is 326 g/mol. The van der Waals surface area contributed by atoms with E-state index in [1.807, 2.05) is 36.5 Å². The van der Waals surface area contributed by atoms with Crippen molar-refractivity contribution in [1.29, 1.82) is 0 Å². The number of rotatable bonds is 6. The summed E-state index contributed by atoms with van der Waals surface area (Å²) in [5.41, 5.74) is 2.85. The largest absolute Gasteiger partial charge is 0.361 e. The number of halogens is 1. The first-order valence-electron chi connectivity index (χ1n) is 8.30. The molecule has 0 radical (unpaired) electrons. The first kappa shape index (κ1) is 16.7. The van der Waals surface area contributed by atoms with Crippen LogP contribution in [0.2, 0.25) is 0 Å². The second kappa shape index (κ2) is 7.16. The average Bonchev–Trinajstić information content (AvgIpc) is 2.96. The van der Waals surface area contributed by atoms with Crippen LogP contribution in [0.5, 0.6) is 0 Å². The Morgan fingerprint density at radius 1 is 1.12 bits per heavy atom. The summed E-state index contributed by atoms with van der Waals surface area (Å²) in [4.78, 5) is 3.18. The normalized spacial score (nSPS) is 13.1. The molecule has 2 aromatic carbocycles. The van der Waals surface area contributed by atoms with Gasteiger partial charge < -0.3 is 10.2 Å². The highest BCUT2D eigenvalue weighted by molar-refractivity contribution is 5.83. The standard InChI is InChI=1S/C20H23FN2O/c1-14(2)10-20(23(24)13-15-6-4-3-5-7-15)18-12-22-19-9-8-16(21)11-17(18)19/h3-9,11-12,14,20,22,24H,10,13H2,1-2H3. The van der Waals surface area contributed by atoms with Crippen LogP contribution in [0.25, 0.3) is 10.9 Å². The highest BCUT2D eigenvalue weighted by Gasteiger charge is 2.23. The maximum atomic E-state index is 13.7. The van der Waals surface area contributed by atoms with Gasteiger partial charge in [-0.15, -0.1) is 0 Å². The Balaban J connectivity index is 1.94. The van der Waals surface area contributed by atoms with Crippen molar-refractivity contribution in [2.45, 2.75) is 32.9 Å². The number of fused-ring (bicyclic) bond motifs is 1. The molecule has 0 saturated heterocycles. The number of H-pyrrole nitrogens is 1. The molecule has 3 nitrogen and oxygen atoms in total. The lowest BCUT2D eigenvalue weighted by molar-refractivity contribution is -0.141. The highest BCUT2D eigenvalue weighted by Crippen LogP contribution is 2.33. The Morgan fingerprint density at radius 2 is 1.88 bits per heavy atom. The fraction of sp³-hybridized carbons (Fsp3) is 0.300. The maximum Gasteiger partial charge on any atom is 0.123 e. The van der Waals surface area contributed by atoms with Gasteiger partial charge in [-0.2, -0.15) is 5.06 Å². The van der Waals surface area contributed by atoms with Gasteiger partial charge in [0.15, 0.2) is 0 Å². The maximum absolute atomic E-state index is 13.7. The second-order valence-electron chi connectivity index (χ2n) is 6.66. The topological polar surface area (TPSA) is 39.3 Å². The number of hydrogen-bond donors (Lipinski definition) is 2. The van der Waals surface area contributed by atoms with Crippen LogP contribution in [-0.4, -0.2) is 15.3 Å². The zero-order valence-corrected chi connectivity index (χ0v) is 14.0. The van der Waals surface area contributed by atoms with Crippen LogP contribution >= 0.6 is 0 Å². The Kier molecular flexibility index (Phi) is 4.97. The van der Waals surface area contributed by atoms with Crippen molar-refractivity contribution in [1.82, 2.24) is 10.0 Å². The van der Waals surface area contributed by atoms with E-state index in [-0.39, 0.29) is 11.9 Å². The summed E-state index contributed by atoms with van der Waals surface area (Å²) < 4.78 is 13.7. The van der Waals surface area contributed by atoms with Crippen molar-refractivity contribution in [2.75, 3.05) is 0 Å². The molecular weight excluding hydrogens is 303 g/mol. The first-order valence-corrected chi connectivity index (χ1v) is 8.30. The van der Waals surface area contributed by atoms with Gasteiger partial charge in [-0.1, -0.05) is 44.2 Å². The number of nitrogens with zero attached hydrogens (tertiary/aromatic N) is 1. The van der Waals surface area contributed by atoms with Gasteiger partial charge in [-0.25, -0.2) is 4.39 Å². The van der Waals surface area contributed by atoms with Gasteiger partial charge in [0.05, 0.1) is 6.04 Å². The van der Waals surface area contributed by atoms with Gasteiger partial charge in [-0.05, 0) is 41.7 Å². The predicted molar refractivity (Wildman–Crippen MR) is 94.2 cm³/mol. The number of hydroxylamine groups is 2. The van der Waals surface area contributed by atoms with Crippen LogP contribution in [0.1, 0.15) is 37.4 Å². The summed E-state index contributed by atoms with van der Waals surface area (Å²) >= 11 is 0. The molecule has 0 aliphatic heterocycles. The lowest BCUT2D eigenvalue weighted by Crippen LogP contribution is -2.26. The molecule has 0 fully saturated rings. The molecule has 1 unspecified atom stereocenters. The van der Waals surface area contributed by atoms with E-state index in [1.165, 1.54) is 17.2 Å². The predicted octanol–water partition coefficient (Wildman–Crippen LogP) is 5.29. The SMILES string of the molecule is CC(C)CC(c1c[nH]c2ccc(F)cc12)N(O)Cc1ccccc1. The molecule has 0 amide bonds. The summed E-state index contributed by atoms with van der Waals surface area (Å²) in [6, 6.07) is 14.4. The minimum atomic E-state index is -0.265. The van der Waals surface area contributed by atoms with Gasteiger partial charge in [0.1, 0.15) is 5.82 Å². The Labute approximate surface area is 141 Å². The molecule has 126 valence electrons. The summed E-state index contributed by atoms with van der Waals surface area (Å²) in [6.45, 7) is 4.68. The van der Waals surface area contributed by atoms with Crippen LogP contribution in [0, 0.1) is 11.7 Å². The molecule has 0 saturated carbocycles. The third-order valence-electron chi connectivity index (χ3n) is 4.28. The van der Waals surface area contributed by atoms with Crippen LogP contribution in [0.15, 0.2) is 54.7 Å². The molecule has 2 N–H and O–H groups in total. The van der Waals surface area contributed by atoms with Crippen LogP contribution < -0.4 is 0 Å². The van der Waals surface area contributed by atoms with Crippen LogP contribution in [0.4, 0.5) is 4.39 Å². The zero-order chi connectivity index (χ0) is 17.1. The van der Waals surface area contributed by atoms with Crippen molar-refractivity contribution in [2.24, 2.45) is 5.92 Å². The van der Waals surface area contributed by atoms with E-state index in [0.29, 0.717) is 12.5 Å². The molecule has 0 spiro atoms. The molecule has 0 aliphatic rings. The molecular formula is C20H23FN2O. The third kappa shape index (κ3) is 3.66. The van der Waals surface area contributed by atoms with Gasteiger partial charge in [0.25, 0.3) is 0 Å². The minimum absolute atomic E-state index is 0.194. The number of nitrogens with one attached hydrogen (secondary N) is 1. The third-order valence-corrected chi connectivity index (χ3v) is 4.28. The summed E-state index contributed by atoms with van der Waals surface area (Å²) in [6.07, 6.45) is 2.66. The van der Waals surface area contributed by atoms with Gasteiger partial charge in [0, 0.05) is 23.6 Å². The Bertz CT molecular complexity index is 798. The van der Waals surface area contributed by atoms with Gasteiger partial charge in [-0.3, -0.25) is 0 Å². The Morgan fingerprint density at radius 3 is 2.58 bits per heavy atom. The quantitative estimate of drug-likeness (QED) is 0.604. The van der Waals surface area contributed by atoms with Gasteiger partial charge in [0.2, 0.25) is 0 Å². The van der Waals surface area contributed by atoms with E-state index in [1.54, 1.807) is 6.07 Å². The molecule has 3 rings (SSSR count). The molecule has 24 heavy (non-hydrogen) atoms. The van der Waals surface area contributed by atoms with E-state index in [4.69, 9.17) is 0 Å². The molecule has 1 aromatic heterocycles. The van der Waals surface area contributed by atoms with E-state index >= 15 is 0 Å². The number of aromatic nitrogens is 1. The summed E-state index contributed by atoms with van der Waals surface area (Å²) in [5, 5.41) is 12.9. The molecule has 3 aromatic rings. The number of hydrogen-bond acceptors (Lipinski definition) is 2. The highest BCUT2D eigenvalue weighted by atomic mass is 19.1. The molecule has 1 heterocycles. The molecule has 1 atom stereocenters. The first-order chi connectivity index (χ1) is 11.5.